The predicted octanol–water partition coefficient (Wildman–Crippen LogP) is 5.06. The molecular formula is C15H24. The molecule has 0 aromatic carbocycles. The Morgan fingerprint density at radius 1 is 1.27 bits per heavy atom. The summed E-state index contributed by atoms with van der Waals surface area (Å²) < 4.78 is 0. The molecule has 0 aromatic heterocycles. The van der Waals surface area contributed by atoms with Gasteiger partial charge in [-0.25, -0.2) is 0 Å². The minimum atomic E-state index is 0.167. The Morgan fingerprint density at radius 3 is 2.27 bits per heavy atom. The van der Waals surface area contributed by atoms with E-state index in [1.807, 2.05) is 13.0 Å². The van der Waals surface area contributed by atoms with E-state index in [0.29, 0.717) is 0 Å². The van der Waals surface area contributed by atoms with E-state index in [9.17, 15) is 0 Å². The van der Waals surface area contributed by atoms with Crippen molar-refractivity contribution in [3.63, 3.8) is 0 Å². The van der Waals surface area contributed by atoms with Crippen molar-refractivity contribution in [3.05, 3.63) is 48.6 Å². The highest BCUT2D eigenvalue weighted by Crippen LogP contribution is 2.27. The van der Waals surface area contributed by atoms with Crippen LogP contribution in [0.1, 0.15) is 40.5 Å². The quantitative estimate of drug-likeness (QED) is 0.419. The third-order valence-corrected chi connectivity index (χ3v) is 2.26. The highest BCUT2D eigenvalue weighted by atomic mass is 14.2. The minimum Gasteiger partial charge on any atom is -0.103 e. The van der Waals surface area contributed by atoms with Gasteiger partial charge < -0.3 is 0 Å². The molecule has 0 heteroatoms. The van der Waals surface area contributed by atoms with Crippen LogP contribution in [0.4, 0.5) is 0 Å². The summed E-state index contributed by atoms with van der Waals surface area (Å²) >= 11 is 0. The molecule has 0 aliphatic rings. The topological polar surface area (TPSA) is 0 Å². The van der Waals surface area contributed by atoms with Gasteiger partial charge in [0.1, 0.15) is 0 Å². The van der Waals surface area contributed by atoms with Crippen LogP contribution in [0.25, 0.3) is 0 Å². The molecule has 15 heavy (non-hydrogen) atoms. The van der Waals surface area contributed by atoms with E-state index in [2.05, 4.69) is 52.2 Å². The lowest BCUT2D eigenvalue weighted by atomic mass is 9.85. The van der Waals surface area contributed by atoms with Gasteiger partial charge in [-0.3, -0.25) is 0 Å². The molecule has 0 bridgehead atoms. The van der Waals surface area contributed by atoms with E-state index in [-0.39, 0.29) is 5.41 Å². The van der Waals surface area contributed by atoms with Crippen LogP contribution in [0.15, 0.2) is 48.6 Å². The van der Waals surface area contributed by atoms with Gasteiger partial charge in [-0.2, -0.15) is 0 Å². The lowest BCUT2D eigenvalue weighted by Crippen LogP contribution is -2.07. The van der Waals surface area contributed by atoms with Crippen molar-refractivity contribution in [1.29, 1.82) is 0 Å². The molecule has 0 saturated heterocycles. The highest BCUT2D eigenvalue weighted by Gasteiger charge is 2.13. The molecule has 0 spiro atoms. The molecular weight excluding hydrogens is 180 g/mol. The molecule has 0 saturated carbocycles. The standard InChI is InChI=1S/C15H24/c1-7-9-14(11-10-13(3)4)12-15(5,6)8-2/h8-11H,2-3,7,12H2,1,4-6H3/b11-10-,14-9+. The van der Waals surface area contributed by atoms with E-state index in [1.165, 1.54) is 5.57 Å². The Bertz CT molecular complexity index is 274. The summed E-state index contributed by atoms with van der Waals surface area (Å²) in [5, 5.41) is 0. The van der Waals surface area contributed by atoms with Gasteiger partial charge in [0.15, 0.2) is 0 Å². The lowest BCUT2D eigenvalue weighted by molar-refractivity contribution is 0.480. The Labute approximate surface area is 95.1 Å². The van der Waals surface area contributed by atoms with E-state index >= 15 is 0 Å². The third kappa shape index (κ3) is 6.96. The van der Waals surface area contributed by atoms with Crippen LogP contribution < -0.4 is 0 Å². The van der Waals surface area contributed by atoms with Crippen LogP contribution in [0.2, 0.25) is 0 Å². The Kier molecular flexibility index (Phi) is 6.00. The first-order chi connectivity index (χ1) is 6.91. The lowest BCUT2D eigenvalue weighted by Gasteiger charge is -2.20. The fourth-order valence-corrected chi connectivity index (χ4v) is 1.31. The summed E-state index contributed by atoms with van der Waals surface area (Å²) in [7, 11) is 0. The molecule has 0 aliphatic carbocycles. The SMILES string of the molecule is C=CC(C)(C)CC(/C=C\C(=C)C)=C/CC. The first kappa shape index (κ1) is 14.0. The van der Waals surface area contributed by atoms with Crippen LogP contribution in [-0.4, -0.2) is 0 Å². The molecule has 0 nitrogen and oxygen atoms in total. The fourth-order valence-electron chi connectivity index (χ4n) is 1.31. The van der Waals surface area contributed by atoms with Crippen molar-refractivity contribution in [2.24, 2.45) is 5.41 Å². The van der Waals surface area contributed by atoms with Crippen molar-refractivity contribution in [2.45, 2.75) is 40.5 Å². The molecule has 0 heterocycles. The zero-order valence-electron chi connectivity index (χ0n) is 10.6. The predicted molar refractivity (Wildman–Crippen MR) is 70.9 cm³/mol. The monoisotopic (exact) mass is 204 g/mol. The number of allylic oxidation sites excluding steroid dienone is 6. The summed E-state index contributed by atoms with van der Waals surface area (Å²) in [5.74, 6) is 0. The highest BCUT2D eigenvalue weighted by molar-refractivity contribution is 5.26. The summed E-state index contributed by atoms with van der Waals surface area (Å²) in [5.41, 5.74) is 2.62. The van der Waals surface area contributed by atoms with Gasteiger partial charge in [0.2, 0.25) is 0 Å². The van der Waals surface area contributed by atoms with Gasteiger partial charge in [0.05, 0.1) is 0 Å². The van der Waals surface area contributed by atoms with Crippen LogP contribution >= 0.6 is 0 Å². The molecule has 0 fully saturated rings. The van der Waals surface area contributed by atoms with Gasteiger partial charge in [0.25, 0.3) is 0 Å². The summed E-state index contributed by atoms with van der Waals surface area (Å²) in [6, 6.07) is 0. The van der Waals surface area contributed by atoms with Gasteiger partial charge in [-0.05, 0) is 25.2 Å². The Balaban J connectivity index is 4.63. The molecule has 0 rings (SSSR count). The van der Waals surface area contributed by atoms with Crippen LogP contribution in [0.3, 0.4) is 0 Å². The molecule has 0 aliphatic heterocycles. The van der Waals surface area contributed by atoms with Crippen molar-refractivity contribution < 1.29 is 0 Å². The van der Waals surface area contributed by atoms with E-state index < -0.39 is 0 Å². The van der Waals surface area contributed by atoms with E-state index in [1.54, 1.807) is 0 Å². The van der Waals surface area contributed by atoms with Crippen molar-refractivity contribution in [2.75, 3.05) is 0 Å². The minimum absolute atomic E-state index is 0.167. The van der Waals surface area contributed by atoms with Gasteiger partial charge in [-0.15, -0.1) is 6.58 Å². The number of hydrogen-bond donors (Lipinski definition) is 0. The molecule has 0 aromatic rings. The van der Waals surface area contributed by atoms with E-state index in [0.717, 1.165) is 18.4 Å². The molecule has 0 unspecified atom stereocenters. The maximum absolute atomic E-state index is 3.87. The molecule has 84 valence electrons. The van der Waals surface area contributed by atoms with Crippen molar-refractivity contribution in [1.82, 2.24) is 0 Å². The average Bonchev–Trinajstić information content (AvgIpc) is 2.14. The summed E-state index contributed by atoms with van der Waals surface area (Å²) in [4.78, 5) is 0. The van der Waals surface area contributed by atoms with Crippen LogP contribution in [0.5, 0.6) is 0 Å². The van der Waals surface area contributed by atoms with Gasteiger partial charge in [-0.1, -0.05) is 62.8 Å². The molecule has 0 amide bonds. The van der Waals surface area contributed by atoms with Gasteiger partial charge in [0, 0.05) is 0 Å². The molecule has 0 N–H and O–H groups in total. The van der Waals surface area contributed by atoms with E-state index in [4.69, 9.17) is 0 Å². The summed E-state index contributed by atoms with van der Waals surface area (Å²) in [6.45, 7) is 16.3. The largest absolute Gasteiger partial charge is 0.103 e. The second-order valence-corrected chi connectivity index (χ2v) is 4.74. The first-order valence-corrected chi connectivity index (χ1v) is 5.57. The van der Waals surface area contributed by atoms with Crippen molar-refractivity contribution in [3.8, 4) is 0 Å². The number of hydrogen-bond acceptors (Lipinski definition) is 0. The second kappa shape index (κ2) is 6.44. The maximum Gasteiger partial charge on any atom is -0.0137 e. The smallest absolute Gasteiger partial charge is 0.0137 e. The summed E-state index contributed by atoms with van der Waals surface area (Å²) in [6.07, 6.45) is 10.6. The first-order valence-electron chi connectivity index (χ1n) is 5.57. The third-order valence-electron chi connectivity index (χ3n) is 2.26. The van der Waals surface area contributed by atoms with Crippen LogP contribution in [0, 0.1) is 5.41 Å². The van der Waals surface area contributed by atoms with Crippen LogP contribution in [-0.2, 0) is 0 Å². The second-order valence-electron chi connectivity index (χ2n) is 4.74. The number of rotatable bonds is 6. The van der Waals surface area contributed by atoms with Crippen molar-refractivity contribution >= 4 is 0 Å². The average molecular weight is 204 g/mol. The zero-order chi connectivity index (χ0) is 11.9. The molecule has 0 radical (unpaired) electrons. The molecule has 0 atom stereocenters. The zero-order valence-corrected chi connectivity index (χ0v) is 10.6. The fraction of sp³-hybridized carbons (Fsp3) is 0.467. The Hall–Kier alpha value is -1.04. The Morgan fingerprint density at radius 2 is 1.87 bits per heavy atom. The maximum atomic E-state index is 3.87. The normalized spacial score (nSPS) is 13.2. The van der Waals surface area contributed by atoms with Gasteiger partial charge >= 0.3 is 0 Å².